The van der Waals surface area contributed by atoms with Crippen molar-refractivity contribution in [3.8, 4) is 0 Å². The molecule has 0 amide bonds. The highest BCUT2D eigenvalue weighted by molar-refractivity contribution is 7.90. The zero-order chi connectivity index (χ0) is 23.4. The van der Waals surface area contributed by atoms with Crippen LogP contribution in [0.2, 0.25) is 0 Å². The lowest BCUT2D eigenvalue weighted by atomic mass is 10.2. The van der Waals surface area contributed by atoms with Gasteiger partial charge in [-0.1, -0.05) is 48.0 Å². The third-order valence-corrected chi connectivity index (χ3v) is 6.79. The SMILES string of the molecule is Cc1ccc(S(=O)(=O)N=C(NNS(=O)(=O)c2ccc([N+](=O)[O-])cc2)c2ccccc2)cc1. The molecule has 0 saturated heterocycles. The van der Waals surface area contributed by atoms with E-state index in [9.17, 15) is 26.9 Å². The van der Waals surface area contributed by atoms with Gasteiger partial charge in [-0.25, -0.2) is 8.42 Å². The second-order valence-electron chi connectivity index (χ2n) is 6.58. The molecule has 0 saturated carbocycles. The molecule has 2 N–H and O–H groups in total. The maximum Gasteiger partial charge on any atom is 0.284 e. The van der Waals surface area contributed by atoms with Crippen molar-refractivity contribution in [2.75, 3.05) is 0 Å². The van der Waals surface area contributed by atoms with Gasteiger partial charge in [-0.15, -0.1) is 9.23 Å². The Morgan fingerprint density at radius 3 is 1.97 bits per heavy atom. The summed E-state index contributed by atoms with van der Waals surface area (Å²) in [7, 11) is -8.35. The number of aryl methyl sites for hydroxylation is 1. The van der Waals surface area contributed by atoms with Gasteiger partial charge in [-0.2, -0.15) is 8.42 Å². The molecule has 10 nitrogen and oxygen atoms in total. The Morgan fingerprint density at radius 1 is 0.844 bits per heavy atom. The quantitative estimate of drug-likeness (QED) is 0.231. The van der Waals surface area contributed by atoms with E-state index in [1.807, 2.05) is 6.92 Å². The molecule has 12 heteroatoms. The van der Waals surface area contributed by atoms with E-state index >= 15 is 0 Å². The van der Waals surface area contributed by atoms with E-state index in [4.69, 9.17) is 0 Å². The minimum atomic E-state index is -4.19. The van der Waals surface area contributed by atoms with Gasteiger partial charge < -0.3 is 0 Å². The number of nitrogens with zero attached hydrogens (tertiary/aromatic N) is 2. The molecule has 0 aliphatic carbocycles. The zero-order valence-corrected chi connectivity index (χ0v) is 18.3. The molecule has 0 heterocycles. The van der Waals surface area contributed by atoms with Crippen LogP contribution in [-0.4, -0.2) is 27.6 Å². The first-order valence-corrected chi connectivity index (χ1v) is 12.0. The summed E-state index contributed by atoms with van der Waals surface area (Å²) in [6.45, 7) is 1.81. The summed E-state index contributed by atoms with van der Waals surface area (Å²) in [5, 5.41) is 10.8. The second-order valence-corrected chi connectivity index (χ2v) is 9.86. The Morgan fingerprint density at radius 2 is 1.41 bits per heavy atom. The van der Waals surface area contributed by atoms with E-state index in [0.29, 0.717) is 5.56 Å². The normalized spacial score (nSPS) is 12.3. The molecule has 0 unspecified atom stereocenters. The van der Waals surface area contributed by atoms with Gasteiger partial charge in [0, 0.05) is 17.7 Å². The summed E-state index contributed by atoms with van der Waals surface area (Å²) in [6.07, 6.45) is 0. The number of hydrazine groups is 1. The van der Waals surface area contributed by atoms with Crippen LogP contribution >= 0.6 is 0 Å². The Hall–Kier alpha value is -3.61. The molecule has 32 heavy (non-hydrogen) atoms. The highest BCUT2D eigenvalue weighted by Crippen LogP contribution is 2.16. The van der Waals surface area contributed by atoms with Crippen molar-refractivity contribution in [1.82, 2.24) is 10.3 Å². The predicted octanol–water partition coefficient (Wildman–Crippen LogP) is 2.52. The lowest BCUT2D eigenvalue weighted by Gasteiger charge is -2.12. The number of rotatable bonds is 7. The molecule has 3 aromatic carbocycles. The number of sulfonamides is 2. The van der Waals surface area contributed by atoms with E-state index in [-0.39, 0.29) is 21.3 Å². The monoisotopic (exact) mass is 474 g/mol. The number of nitro groups is 1. The Balaban J connectivity index is 1.93. The average Bonchev–Trinajstić information content (AvgIpc) is 2.77. The summed E-state index contributed by atoms with van der Waals surface area (Å²) >= 11 is 0. The number of hydrogen-bond acceptors (Lipinski definition) is 6. The first-order chi connectivity index (χ1) is 15.1. The summed E-state index contributed by atoms with van der Waals surface area (Å²) < 4.78 is 54.4. The van der Waals surface area contributed by atoms with Gasteiger partial charge in [0.2, 0.25) is 0 Å². The summed E-state index contributed by atoms with van der Waals surface area (Å²) in [4.78, 5) is 11.8. The number of amidine groups is 1. The smallest absolute Gasteiger partial charge is 0.284 e. The first-order valence-electron chi connectivity index (χ1n) is 9.08. The molecule has 0 atom stereocenters. The maximum absolute atomic E-state index is 12.8. The first kappa shape index (κ1) is 23.1. The van der Waals surface area contributed by atoms with Crippen LogP contribution in [0.1, 0.15) is 11.1 Å². The van der Waals surface area contributed by atoms with Crippen LogP contribution in [0, 0.1) is 17.0 Å². The van der Waals surface area contributed by atoms with Gasteiger partial charge in [-0.3, -0.25) is 15.5 Å². The largest absolute Gasteiger partial charge is 0.291 e. The van der Waals surface area contributed by atoms with E-state index < -0.39 is 25.0 Å². The number of nitro benzene ring substituents is 1. The van der Waals surface area contributed by atoms with Gasteiger partial charge in [0.25, 0.3) is 25.7 Å². The number of nitrogens with one attached hydrogen (secondary N) is 2. The molecule has 0 aliphatic heterocycles. The van der Waals surface area contributed by atoms with Crippen molar-refractivity contribution >= 4 is 31.6 Å². The highest BCUT2D eigenvalue weighted by atomic mass is 32.2. The Bertz CT molecular complexity index is 1350. The molecule has 0 spiro atoms. The standard InChI is InChI=1S/C20H18N4O6S2/c1-15-7-11-18(12-8-15)31(27,28)22-20(16-5-3-2-4-6-16)21-23-32(29,30)19-13-9-17(10-14-19)24(25)26/h2-14,23H,1H3,(H,21,22). The fourth-order valence-electron chi connectivity index (χ4n) is 2.55. The third-order valence-electron chi connectivity index (χ3n) is 4.24. The van der Waals surface area contributed by atoms with Crippen LogP contribution in [0.25, 0.3) is 0 Å². The van der Waals surface area contributed by atoms with Crippen LogP contribution in [-0.2, 0) is 20.0 Å². The molecule has 166 valence electrons. The summed E-state index contributed by atoms with van der Waals surface area (Å²) in [5.74, 6) is -0.253. The molecule has 0 fully saturated rings. The number of hydrogen-bond donors (Lipinski definition) is 2. The molecule has 0 aliphatic rings. The molecular weight excluding hydrogens is 456 g/mol. The molecule has 3 aromatic rings. The van der Waals surface area contributed by atoms with Gasteiger partial charge in [0.15, 0.2) is 5.84 Å². The molecule has 0 bridgehead atoms. The lowest BCUT2D eigenvalue weighted by molar-refractivity contribution is -0.384. The topological polar surface area (TPSA) is 148 Å². The average molecular weight is 475 g/mol. The van der Waals surface area contributed by atoms with Gasteiger partial charge in [0.05, 0.1) is 14.7 Å². The third kappa shape index (κ3) is 5.55. The van der Waals surface area contributed by atoms with E-state index in [1.165, 1.54) is 12.1 Å². The molecule has 3 rings (SSSR count). The predicted molar refractivity (Wildman–Crippen MR) is 118 cm³/mol. The van der Waals surface area contributed by atoms with Crippen molar-refractivity contribution in [3.63, 3.8) is 0 Å². The minimum absolute atomic E-state index is 0.0587. The number of benzene rings is 3. The fraction of sp³-hybridized carbons (Fsp3) is 0.0500. The molecule has 0 radical (unpaired) electrons. The van der Waals surface area contributed by atoms with Crippen molar-refractivity contribution < 1.29 is 21.8 Å². The van der Waals surface area contributed by atoms with Crippen molar-refractivity contribution in [1.29, 1.82) is 0 Å². The van der Waals surface area contributed by atoms with E-state index in [0.717, 1.165) is 29.8 Å². The zero-order valence-electron chi connectivity index (χ0n) is 16.7. The Kier molecular flexibility index (Phi) is 6.67. The van der Waals surface area contributed by atoms with Gasteiger partial charge >= 0.3 is 0 Å². The highest BCUT2D eigenvalue weighted by Gasteiger charge is 2.19. The maximum atomic E-state index is 12.8. The van der Waals surface area contributed by atoms with E-state index in [1.54, 1.807) is 42.5 Å². The van der Waals surface area contributed by atoms with Crippen molar-refractivity contribution in [2.45, 2.75) is 16.7 Å². The van der Waals surface area contributed by atoms with Crippen LogP contribution < -0.4 is 10.3 Å². The molecular formula is C20H18N4O6S2. The lowest BCUT2D eigenvalue weighted by Crippen LogP contribution is -2.42. The van der Waals surface area contributed by atoms with Crippen molar-refractivity contribution in [3.05, 3.63) is 100 Å². The fourth-order valence-corrected chi connectivity index (χ4v) is 4.37. The summed E-state index contributed by atoms with van der Waals surface area (Å²) in [6, 6.07) is 18.3. The van der Waals surface area contributed by atoms with E-state index in [2.05, 4.69) is 14.7 Å². The second kappa shape index (κ2) is 9.26. The van der Waals surface area contributed by atoms with Crippen molar-refractivity contribution in [2.24, 2.45) is 4.40 Å². The molecule has 0 aromatic heterocycles. The minimum Gasteiger partial charge on any atom is -0.291 e. The van der Waals surface area contributed by atoms with Crippen LogP contribution in [0.5, 0.6) is 0 Å². The van der Waals surface area contributed by atoms with Crippen LogP contribution in [0.4, 0.5) is 5.69 Å². The summed E-state index contributed by atoms with van der Waals surface area (Å²) in [5.41, 5.74) is 3.26. The number of non-ortho nitro benzene ring substituents is 1. The van der Waals surface area contributed by atoms with Crippen LogP contribution in [0.15, 0.2) is 93.1 Å². The Labute approximate surface area is 184 Å². The van der Waals surface area contributed by atoms with Gasteiger partial charge in [-0.05, 0) is 31.2 Å². The van der Waals surface area contributed by atoms with Crippen LogP contribution in [0.3, 0.4) is 0 Å². The van der Waals surface area contributed by atoms with Gasteiger partial charge in [0.1, 0.15) is 0 Å².